The molecule has 2 aliphatic rings. The zero-order valence-corrected chi connectivity index (χ0v) is 14.7. The molecule has 1 aromatic heterocycles. The molecule has 0 spiro atoms. The number of carbonyl (C=O) groups excluding carboxylic acids is 1. The highest BCUT2D eigenvalue weighted by Gasteiger charge is 2.41. The first-order chi connectivity index (χ1) is 12.6. The molecule has 1 amide bonds. The van der Waals surface area contributed by atoms with Crippen LogP contribution >= 0.6 is 0 Å². The molecular weight excluding hydrogens is 331 g/mol. The smallest absolute Gasteiger partial charge is 0.410 e. The van der Waals surface area contributed by atoms with Gasteiger partial charge in [-0.15, -0.1) is 0 Å². The Hall–Kier alpha value is -2.69. The second kappa shape index (κ2) is 6.90. The fourth-order valence-electron chi connectivity index (χ4n) is 3.85. The van der Waals surface area contributed by atoms with Crippen molar-refractivity contribution < 1.29 is 13.9 Å². The van der Waals surface area contributed by atoms with E-state index in [-0.39, 0.29) is 30.6 Å². The first kappa shape index (κ1) is 16.8. The average Bonchev–Trinajstić information content (AvgIpc) is 2.92. The fourth-order valence-corrected chi connectivity index (χ4v) is 3.85. The summed E-state index contributed by atoms with van der Waals surface area (Å²) >= 11 is 0. The van der Waals surface area contributed by atoms with Crippen LogP contribution in [0.5, 0.6) is 0 Å². The number of fused-ring (bicyclic) bond motifs is 2. The number of aryl methyl sites for hydroxylation is 1. The Kier molecular flexibility index (Phi) is 4.45. The highest BCUT2D eigenvalue weighted by molar-refractivity contribution is 5.74. The van der Waals surface area contributed by atoms with Gasteiger partial charge in [0.15, 0.2) is 0 Å². The topological polar surface area (TPSA) is 42.4 Å². The first-order valence-electron chi connectivity index (χ1n) is 8.95. The average molecular weight is 352 g/mol. The molecular formula is C21H21FN2O2. The van der Waals surface area contributed by atoms with Crippen molar-refractivity contribution in [2.45, 2.75) is 44.9 Å². The van der Waals surface area contributed by atoms with Gasteiger partial charge in [-0.2, -0.15) is 0 Å². The van der Waals surface area contributed by atoms with Crippen LogP contribution in [0.1, 0.15) is 36.2 Å². The van der Waals surface area contributed by atoms with Crippen LogP contribution in [0.2, 0.25) is 0 Å². The van der Waals surface area contributed by atoms with Crippen molar-refractivity contribution >= 4 is 11.7 Å². The summed E-state index contributed by atoms with van der Waals surface area (Å²) in [6.45, 7) is 2.12. The Morgan fingerprint density at radius 1 is 1.23 bits per heavy atom. The number of hydrogen-bond acceptors (Lipinski definition) is 3. The van der Waals surface area contributed by atoms with Gasteiger partial charge in [-0.25, -0.2) is 9.18 Å². The quantitative estimate of drug-likeness (QED) is 0.818. The van der Waals surface area contributed by atoms with E-state index in [1.165, 1.54) is 6.07 Å². The standard InChI is InChI=1S/C21H21FN2O2/c1-14-7-10-19(22)20(23-14)16-11-17-8-9-18(12-16)24(17)21(25)26-13-15-5-3-2-4-6-15/h2-7,10-11,17-18H,8-9,12-13H2,1H3. The van der Waals surface area contributed by atoms with E-state index in [1.54, 1.807) is 11.0 Å². The van der Waals surface area contributed by atoms with Gasteiger partial charge in [0.2, 0.25) is 0 Å². The van der Waals surface area contributed by atoms with Gasteiger partial charge >= 0.3 is 6.09 Å². The van der Waals surface area contributed by atoms with Crippen molar-refractivity contribution in [2.24, 2.45) is 0 Å². The Bertz CT molecular complexity index is 850. The van der Waals surface area contributed by atoms with E-state index in [4.69, 9.17) is 4.74 Å². The minimum absolute atomic E-state index is 0.0463. The largest absolute Gasteiger partial charge is 0.445 e. The summed E-state index contributed by atoms with van der Waals surface area (Å²) < 4.78 is 19.7. The third kappa shape index (κ3) is 3.21. The fraction of sp³-hybridized carbons (Fsp3) is 0.333. The van der Waals surface area contributed by atoms with Gasteiger partial charge in [0.25, 0.3) is 0 Å². The molecule has 1 fully saturated rings. The van der Waals surface area contributed by atoms with Crippen molar-refractivity contribution in [2.75, 3.05) is 0 Å². The Labute approximate surface area is 152 Å². The van der Waals surface area contributed by atoms with Crippen LogP contribution in [-0.2, 0) is 11.3 Å². The van der Waals surface area contributed by atoms with Gasteiger partial charge in [0.1, 0.15) is 18.1 Å². The van der Waals surface area contributed by atoms with E-state index >= 15 is 0 Å². The third-order valence-electron chi connectivity index (χ3n) is 5.10. The van der Waals surface area contributed by atoms with E-state index in [0.717, 1.165) is 29.7 Å². The highest BCUT2D eigenvalue weighted by Crippen LogP contribution is 2.39. The number of benzene rings is 1. The number of pyridine rings is 1. The Balaban J connectivity index is 1.50. The van der Waals surface area contributed by atoms with Gasteiger partial charge in [0, 0.05) is 11.7 Å². The van der Waals surface area contributed by atoms with Gasteiger partial charge in [0.05, 0.1) is 6.04 Å². The molecule has 2 aliphatic heterocycles. The van der Waals surface area contributed by atoms with Crippen LogP contribution in [0.3, 0.4) is 0 Å². The maximum Gasteiger partial charge on any atom is 0.410 e. The molecule has 4 nitrogen and oxygen atoms in total. The van der Waals surface area contributed by atoms with Gasteiger partial charge in [-0.1, -0.05) is 36.4 Å². The van der Waals surface area contributed by atoms with Crippen LogP contribution in [0.15, 0.2) is 48.5 Å². The lowest BCUT2D eigenvalue weighted by Gasteiger charge is -2.33. The van der Waals surface area contributed by atoms with Crippen LogP contribution in [0, 0.1) is 12.7 Å². The second-order valence-electron chi connectivity index (χ2n) is 6.93. The molecule has 1 aromatic carbocycles. The van der Waals surface area contributed by atoms with Crippen molar-refractivity contribution in [3.63, 3.8) is 0 Å². The molecule has 0 saturated carbocycles. The molecule has 26 heavy (non-hydrogen) atoms. The monoisotopic (exact) mass is 352 g/mol. The zero-order chi connectivity index (χ0) is 18.1. The molecule has 134 valence electrons. The maximum atomic E-state index is 14.2. The van der Waals surface area contributed by atoms with Gasteiger partial charge in [-0.3, -0.25) is 9.88 Å². The molecule has 0 radical (unpaired) electrons. The minimum atomic E-state index is -0.304. The number of rotatable bonds is 3. The molecule has 2 atom stereocenters. The van der Waals surface area contributed by atoms with Crippen molar-refractivity contribution in [1.82, 2.24) is 9.88 Å². The summed E-state index contributed by atoms with van der Waals surface area (Å²) in [5.41, 5.74) is 3.07. The minimum Gasteiger partial charge on any atom is -0.445 e. The van der Waals surface area contributed by atoms with Gasteiger partial charge < -0.3 is 4.74 Å². The van der Waals surface area contributed by atoms with Crippen LogP contribution in [0.4, 0.5) is 9.18 Å². The lowest BCUT2D eigenvalue weighted by molar-refractivity contribution is 0.0832. The summed E-state index contributed by atoms with van der Waals surface area (Å²) in [4.78, 5) is 18.7. The lowest BCUT2D eigenvalue weighted by Crippen LogP contribution is -2.43. The van der Waals surface area contributed by atoms with Crippen molar-refractivity contribution in [3.05, 3.63) is 71.3 Å². The molecule has 4 rings (SSSR count). The molecule has 2 aromatic rings. The molecule has 2 bridgehead atoms. The summed E-state index contributed by atoms with van der Waals surface area (Å²) in [6, 6.07) is 12.8. The predicted octanol–water partition coefficient (Wildman–Crippen LogP) is 4.49. The van der Waals surface area contributed by atoms with E-state index in [9.17, 15) is 9.18 Å². The summed E-state index contributed by atoms with van der Waals surface area (Å²) in [6.07, 6.45) is 4.08. The predicted molar refractivity (Wildman–Crippen MR) is 96.8 cm³/mol. The van der Waals surface area contributed by atoms with Gasteiger partial charge in [-0.05, 0) is 49.5 Å². The molecule has 3 heterocycles. The molecule has 0 N–H and O–H groups in total. The zero-order valence-electron chi connectivity index (χ0n) is 14.7. The summed E-state index contributed by atoms with van der Waals surface area (Å²) in [5, 5.41) is 0. The molecule has 5 heteroatoms. The van der Waals surface area contributed by atoms with E-state index in [2.05, 4.69) is 4.98 Å². The number of nitrogens with zero attached hydrogens (tertiary/aromatic N) is 2. The third-order valence-corrected chi connectivity index (χ3v) is 5.10. The number of aromatic nitrogens is 1. The SMILES string of the molecule is Cc1ccc(F)c(C2=CC3CCC(C2)N3C(=O)OCc2ccccc2)n1. The first-order valence-corrected chi connectivity index (χ1v) is 8.95. The van der Waals surface area contributed by atoms with Crippen LogP contribution in [-0.4, -0.2) is 28.1 Å². The Morgan fingerprint density at radius 2 is 2.04 bits per heavy atom. The highest BCUT2D eigenvalue weighted by atomic mass is 19.1. The van der Waals surface area contributed by atoms with Crippen LogP contribution in [0.25, 0.3) is 5.57 Å². The number of hydrogen-bond donors (Lipinski definition) is 0. The normalized spacial score (nSPS) is 21.5. The lowest BCUT2D eigenvalue weighted by atomic mass is 9.98. The van der Waals surface area contributed by atoms with E-state index in [0.29, 0.717) is 12.1 Å². The summed E-state index contributed by atoms with van der Waals surface area (Å²) in [7, 11) is 0. The molecule has 1 saturated heterocycles. The molecule has 0 aliphatic carbocycles. The number of carbonyl (C=O) groups is 1. The summed E-state index contributed by atoms with van der Waals surface area (Å²) in [5.74, 6) is -0.304. The van der Waals surface area contributed by atoms with Crippen molar-refractivity contribution in [3.8, 4) is 0 Å². The Morgan fingerprint density at radius 3 is 2.81 bits per heavy atom. The van der Waals surface area contributed by atoms with Crippen molar-refractivity contribution in [1.29, 1.82) is 0 Å². The number of halogens is 1. The molecule has 2 unspecified atom stereocenters. The van der Waals surface area contributed by atoms with E-state index in [1.807, 2.05) is 43.3 Å². The maximum absolute atomic E-state index is 14.2. The van der Waals surface area contributed by atoms with Crippen LogP contribution < -0.4 is 0 Å². The second-order valence-corrected chi connectivity index (χ2v) is 6.93. The number of ether oxygens (including phenoxy) is 1. The number of amides is 1. The van der Waals surface area contributed by atoms with E-state index < -0.39 is 0 Å².